The molecule has 0 atom stereocenters. The molecule has 1 heterocycles. The maximum absolute atomic E-state index is 11.6. The smallest absolute Gasteiger partial charge is 0.315 e. The molecule has 96 valence electrons. The number of urea groups is 1. The molecule has 0 saturated heterocycles. The van der Waals surface area contributed by atoms with E-state index in [0.717, 1.165) is 41.7 Å². The van der Waals surface area contributed by atoms with Crippen molar-refractivity contribution in [3.05, 3.63) is 27.7 Å². The third-order valence-electron chi connectivity index (χ3n) is 3.18. The predicted octanol–water partition coefficient (Wildman–Crippen LogP) is 2.35. The first-order valence-electron chi connectivity index (χ1n) is 6.21. The highest BCUT2D eigenvalue weighted by Gasteiger charge is 2.23. The van der Waals surface area contributed by atoms with Gasteiger partial charge in [0.15, 0.2) is 0 Å². The van der Waals surface area contributed by atoms with E-state index in [-0.39, 0.29) is 6.03 Å². The number of ether oxygens (including phenoxy) is 1. The second kappa shape index (κ2) is 4.80. The van der Waals surface area contributed by atoms with Gasteiger partial charge >= 0.3 is 6.03 Å². The fraction of sp³-hybridized carbons (Fsp3) is 0.462. The summed E-state index contributed by atoms with van der Waals surface area (Å²) in [4.78, 5) is 11.6. The molecule has 2 amide bonds. The minimum atomic E-state index is -0.0933. The van der Waals surface area contributed by atoms with Gasteiger partial charge in [-0.2, -0.15) is 0 Å². The van der Waals surface area contributed by atoms with E-state index in [1.165, 1.54) is 5.56 Å². The van der Waals surface area contributed by atoms with E-state index in [0.29, 0.717) is 12.6 Å². The van der Waals surface area contributed by atoms with Crippen molar-refractivity contribution in [2.45, 2.75) is 31.8 Å². The Labute approximate surface area is 114 Å². The predicted molar refractivity (Wildman–Crippen MR) is 71.7 cm³/mol. The first-order chi connectivity index (χ1) is 8.72. The maximum Gasteiger partial charge on any atom is 0.315 e. The summed E-state index contributed by atoms with van der Waals surface area (Å²) in [7, 11) is 0. The molecular formula is C13H15BrN2O2. The molecule has 2 N–H and O–H groups in total. The first kappa shape index (κ1) is 11.8. The van der Waals surface area contributed by atoms with E-state index >= 15 is 0 Å². The van der Waals surface area contributed by atoms with Crippen LogP contribution in [0, 0.1) is 0 Å². The molecule has 3 rings (SSSR count). The minimum Gasteiger partial charge on any atom is -0.493 e. The lowest BCUT2D eigenvalue weighted by atomic mass is 10.1. The number of benzene rings is 1. The Kier molecular flexibility index (Phi) is 3.16. The molecule has 1 aromatic carbocycles. The molecule has 1 fully saturated rings. The fourth-order valence-corrected chi connectivity index (χ4v) is 2.67. The van der Waals surface area contributed by atoms with Crippen molar-refractivity contribution in [2.24, 2.45) is 0 Å². The van der Waals surface area contributed by atoms with Crippen LogP contribution >= 0.6 is 15.9 Å². The minimum absolute atomic E-state index is 0.0933. The van der Waals surface area contributed by atoms with Crippen molar-refractivity contribution in [1.82, 2.24) is 10.6 Å². The van der Waals surface area contributed by atoms with Crippen LogP contribution < -0.4 is 15.4 Å². The lowest BCUT2D eigenvalue weighted by Crippen LogP contribution is -2.36. The molecular weight excluding hydrogens is 296 g/mol. The summed E-state index contributed by atoms with van der Waals surface area (Å²) >= 11 is 3.49. The van der Waals surface area contributed by atoms with Crippen LogP contribution in [0.3, 0.4) is 0 Å². The molecule has 0 aromatic heterocycles. The van der Waals surface area contributed by atoms with Crippen molar-refractivity contribution in [1.29, 1.82) is 0 Å². The van der Waals surface area contributed by atoms with Crippen molar-refractivity contribution in [3.8, 4) is 5.75 Å². The molecule has 1 aliphatic carbocycles. The Balaban J connectivity index is 1.66. The molecule has 0 bridgehead atoms. The molecule has 4 nitrogen and oxygen atoms in total. The standard InChI is InChI=1S/C13H15BrN2O2/c14-10-5-8-3-4-18-12(8)9(6-10)7-15-13(17)16-11-1-2-11/h5-6,11H,1-4,7H2,(H2,15,16,17). The van der Waals surface area contributed by atoms with E-state index in [1.807, 2.05) is 6.07 Å². The second-order valence-corrected chi connectivity index (χ2v) is 5.67. The number of fused-ring (bicyclic) bond motifs is 1. The van der Waals surface area contributed by atoms with Gasteiger partial charge < -0.3 is 15.4 Å². The van der Waals surface area contributed by atoms with Crippen molar-refractivity contribution in [2.75, 3.05) is 6.61 Å². The van der Waals surface area contributed by atoms with Gasteiger partial charge in [-0.3, -0.25) is 0 Å². The van der Waals surface area contributed by atoms with E-state index in [4.69, 9.17) is 4.74 Å². The Bertz CT molecular complexity index is 486. The van der Waals surface area contributed by atoms with Gasteiger partial charge in [-0.1, -0.05) is 15.9 Å². The van der Waals surface area contributed by atoms with Crippen molar-refractivity contribution in [3.63, 3.8) is 0 Å². The maximum atomic E-state index is 11.6. The zero-order valence-electron chi connectivity index (χ0n) is 9.96. The Morgan fingerprint density at radius 2 is 2.28 bits per heavy atom. The first-order valence-corrected chi connectivity index (χ1v) is 7.00. The van der Waals surface area contributed by atoms with Crippen LogP contribution in [0.25, 0.3) is 0 Å². The molecule has 0 unspecified atom stereocenters. The zero-order chi connectivity index (χ0) is 12.5. The van der Waals surface area contributed by atoms with E-state index in [2.05, 4.69) is 32.6 Å². The zero-order valence-corrected chi connectivity index (χ0v) is 11.5. The number of carbonyl (C=O) groups excluding carboxylic acids is 1. The van der Waals surface area contributed by atoms with Gasteiger partial charge in [0, 0.05) is 29.0 Å². The number of halogens is 1. The molecule has 2 aliphatic rings. The molecule has 0 radical (unpaired) electrons. The summed E-state index contributed by atoms with van der Waals surface area (Å²) in [5.41, 5.74) is 2.24. The van der Waals surface area contributed by atoms with Gasteiger partial charge in [0.1, 0.15) is 5.75 Å². The number of amides is 2. The average molecular weight is 311 g/mol. The molecule has 1 aromatic rings. The number of rotatable bonds is 3. The van der Waals surface area contributed by atoms with E-state index in [9.17, 15) is 4.79 Å². The lowest BCUT2D eigenvalue weighted by molar-refractivity contribution is 0.240. The van der Waals surface area contributed by atoms with Crippen LogP contribution in [0.2, 0.25) is 0 Å². The van der Waals surface area contributed by atoms with Crippen LogP contribution in [0.1, 0.15) is 24.0 Å². The largest absolute Gasteiger partial charge is 0.493 e. The molecule has 1 aliphatic heterocycles. The number of carbonyl (C=O) groups is 1. The molecule has 18 heavy (non-hydrogen) atoms. The van der Waals surface area contributed by atoms with Gasteiger partial charge in [0.2, 0.25) is 0 Å². The summed E-state index contributed by atoms with van der Waals surface area (Å²) in [5.74, 6) is 0.935. The molecule has 1 saturated carbocycles. The molecule has 0 spiro atoms. The van der Waals surface area contributed by atoms with Crippen LogP contribution in [0.5, 0.6) is 5.75 Å². The quantitative estimate of drug-likeness (QED) is 0.900. The third kappa shape index (κ3) is 2.61. The fourth-order valence-electron chi connectivity index (χ4n) is 2.12. The summed E-state index contributed by atoms with van der Waals surface area (Å²) < 4.78 is 6.65. The van der Waals surface area contributed by atoms with Gasteiger partial charge in [0.25, 0.3) is 0 Å². The van der Waals surface area contributed by atoms with Gasteiger partial charge in [-0.05, 0) is 30.5 Å². The summed E-state index contributed by atoms with van der Waals surface area (Å²) in [5, 5.41) is 5.78. The van der Waals surface area contributed by atoms with Crippen LogP contribution in [0.15, 0.2) is 16.6 Å². The Morgan fingerprint density at radius 3 is 3.06 bits per heavy atom. The van der Waals surface area contributed by atoms with Gasteiger partial charge in [-0.15, -0.1) is 0 Å². The highest BCUT2D eigenvalue weighted by atomic mass is 79.9. The van der Waals surface area contributed by atoms with E-state index < -0.39 is 0 Å². The van der Waals surface area contributed by atoms with Crippen molar-refractivity contribution < 1.29 is 9.53 Å². The highest BCUT2D eigenvalue weighted by molar-refractivity contribution is 9.10. The Hall–Kier alpha value is -1.23. The monoisotopic (exact) mass is 310 g/mol. The summed E-state index contributed by atoms with van der Waals surface area (Å²) in [6, 6.07) is 4.37. The number of hydrogen-bond donors (Lipinski definition) is 2. The topological polar surface area (TPSA) is 50.4 Å². The van der Waals surface area contributed by atoms with Crippen molar-refractivity contribution >= 4 is 22.0 Å². The van der Waals surface area contributed by atoms with Gasteiger partial charge in [0.05, 0.1) is 6.61 Å². The number of hydrogen-bond acceptors (Lipinski definition) is 2. The normalized spacial score (nSPS) is 16.9. The Morgan fingerprint density at radius 1 is 1.44 bits per heavy atom. The van der Waals surface area contributed by atoms with Crippen LogP contribution in [-0.2, 0) is 13.0 Å². The van der Waals surface area contributed by atoms with E-state index in [1.54, 1.807) is 0 Å². The van der Waals surface area contributed by atoms with Gasteiger partial charge in [-0.25, -0.2) is 4.79 Å². The SMILES string of the molecule is O=C(NCc1cc(Br)cc2c1OCC2)NC1CC1. The van der Waals surface area contributed by atoms with Crippen LogP contribution in [-0.4, -0.2) is 18.7 Å². The highest BCUT2D eigenvalue weighted by Crippen LogP contribution is 2.32. The average Bonchev–Trinajstić information content (AvgIpc) is 3.01. The van der Waals surface area contributed by atoms with Crippen LogP contribution in [0.4, 0.5) is 4.79 Å². The molecule has 5 heteroatoms. The third-order valence-corrected chi connectivity index (χ3v) is 3.64. The lowest BCUT2D eigenvalue weighted by Gasteiger charge is -2.11. The summed E-state index contributed by atoms with van der Waals surface area (Å²) in [6.45, 7) is 1.23. The number of nitrogens with one attached hydrogen (secondary N) is 2. The second-order valence-electron chi connectivity index (χ2n) is 4.75. The summed E-state index contributed by atoms with van der Waals surface area (Å²) in [6.07, 6.45) is 3.14.